The number of unbranched alkanes of at least 4 members (excludes halogenated alkanes) is 1. The van der Waals surface area contributed by atoms with Crippen LogP contribution in [0.5, 0.6) is 0 Å². The molecule has 0 N–H and O–H groups in total. The van der Waals surface area contributed by atoms with E-state index in [9.17, 15) is 9.59 Å². The summed E-state index contributed by atoms with van der Waals surface area (Å²) in [6.45, 7) is 3.30. The highest BCUT2D eigenvalue weighted by Crippen LogP contribution is 2.29. The molecule has 2 heterocycles. The Kier molecular flexibility index (Phi) is 3.43. The predicted molar refractivity (Wildman–Crippen MR) is 57.7 cm³/mol. The van der Waals surface area contributed by atoms with Crippen molar-refractivity contribution in [2.45, 2.75) is 44.7 Å². The topological polar surface area (TPSA) is 49.9 Å². The summed E-state index contributed by atoms with van der Waals surface area (Å²) in [5.74, 6) is 0. The van der Waals surface area contributed by atoms with Crippen LogP contribution in [-0.4, -0.2) is 47.5 Å². The highest BCUT2D eigenvalue weighted by Gasteiger charge is 2.45. The standard InChI is InChI=1S/C11H18N2O3/c1-2-3-6-16-13-9-4-5-10(8-14)12(7-9)11(13)15/h8-10H,2-7H2,1H3/t9?,10-/m0/s1. The van der Waals surface area contributed by atoms with Gasteiger partial charge >= 0.3 is 6.03 Å². The van der Waals surface area contributed by atoms with E-state index in [1.807, 2.05) is 0 Å². The fourth-order valence-corrected chi connectivity index (χ4v) is 2.28. The van der Waals surface area contributed by atoms with E-state index in [0.717, 1.165) is 32.0 Å². The van der Waals surface area contributed by atoms with Gasteiger partial charge in [0.1, 0.15) is 6.29 Å². The van der Waals surface area contributed by atoms with Gasteiger partial charge in [-0.1, -0.05) is 13.3 Å². The van der Waals surface area contributed by atoms with E-state index in [1.165, 1.54) is 5.06 Å². The number of hydrogen-bond donors (Lipinski definition) is 0. The van der Waals surface area contributed by atoms with Crippen molar-refractivity contribution in [3.05, 3.63) is 0 Å². The molecule has 5 heteroatoms. The Morgan fingerprint density at radius 3 is 3.00 bits per heavy atom. The predicted octanol–water partition coefficient (Wildman–Crippen LogP) is 1.19. The van der Waals surface area contributed by atoms with E-state index in [2.05, 4.69) is 6.92 Å². The number of fused-ring (bicyclic) bond motifs is 2. The van der Waals surface area contributed by atoms with Crippen molar-refractivity contribution >= 4 is 12.3 Å². The van der Waals surface area contributed by atoms with Gasteiger partial charge in [-0.3, -0.25) is 4.84 Å². The summed E-state index contributed by atoms with van der Waals surface area (Å²) in [6, 6.07) is -0.250. The van der Waals surface area contributed by atoms with Crippen molar-refractivity contribution < 1.29 is 14.4 Å². The summed E-state index contributed by atoms with van der Waals surface area (Å²) >= 11 is 0. The number of urea groups is 1. The molecule has 0 spiro atoms. The Morgan fingerprint density at radius 1 is 1.50 bits per heavy atom. The van der Waals surface area contributed by atoms with Gasteiger partial charge < -0.3 is 9.69 Å². The summed E-state index contributed by atoms with van der Waals surface area (Å²) in [4.78, 5) is 29.8. The SMILES string of the molecule is CCCCON1C(=O)N2CC1CC[C@H]2C=O. The zero-order chi connectivity index (χ0) is 11.5. The average Bonchev–Trinajstić information content (AvgIpc) is 2.55. The first-order valence-corrected chi connectivity index (χ1v) is 5.96. The first kappa shape index (κ1) is 11.4. The normalized spacial score (nSPS) is 28.7. The van der Waals surface area contributed by atoms with Crippen molar-refractivity contribution in [1.82, 2.24) is 9.96 Å². The van der Waals surface area contributed by atoms with Crippen molar-refractivity contribution in [2.75, 3.05) is 13.2 Å². The molecule has 2 atom stereocenters. The van der Waals surface area contributed by atoms with Crippen molar-refractivity contribution in [2.24, 2.45) is 0 Å². The highest BCUT2D eigenvalue weighted by atomic mass is 16.7. The van der Waals surface area contributed by atoms with Crippen LogP contribution in [0.25, 0.3) is 0 Å². The van der Waals surface area contributed by atoms with Crippen LogP contribution in [0.2, 0.25) is 0 Å². The maximum Gasteiger partial charge on any atom is 0.344 e. The molecule has 2 amide bonds. The highest BCUT2D eigenvalue weighted by molar-refractivity contribution is 5.80. The second-order valence-corrected chi connectivity index (χ2v) is 4.38. The first-order valence-electron chi connectivity index (χ1n) is 5.96. The minimum Gasteiger partial charge on any atom is -0.311 e. The van der Waals surface area contributed by atoms with Gasteiger partial charge in [-0.05, 0) is 19.3 Å². The number of carbonyl (C=O) groups is 2. The zero-order valence-electron chi connectivity index (χ0n) is 9.59. The van der Waals surface area contributed by atoms with Gasteiger partial charge in [0, 0.05) is 6.54 Å². The molecule has 2 saturated heterocycles. The lowest BCUT2D eigenvalue weighted by atomic mass is 10.0. The summed E-state index contributed by atoms with van der Waals surface area (Å²) < 4.78 is 0. The smallest absolute Gasteiger partial charge is 0.311 e. The van der Waals surface area contributed by atoms with Crippen molar-refractivity contribution in [3.63, 3.8) is 0 Å². The van der Waals surface area contributed by atoms with Gasteiger partial charge in [-0.15, -0.1) is 0 Å². The van der Waals surface area contributed by atoms with E-state index in [4.69, 9.17) is 4.84 Å². The Morgan fingerprint density at radius 2 is 2.31 bits per heavy atom. The molecule has 1 unspecified atom stereocenters. The van der Waals surface area contributed by atoms with Gasteiger partial charge in [0.15, 0.2) is 0 Å². The monoisotopic (exact) mass is 226 g/mol. The molecule has 2 rings (SSSR count). The lowest BCUT2D eigenvalue weighted by molar-refractivity contribution is -0.130. The lowest BCUT2D eigenvalue weighted by Gasteiger charge is -2.25. The van der Waals surface area contributed by atoms with Gasteiger partial charge in [0.25, 0.3) is 0 Å². The third kappa shape index (κ3) is 1.91. The molecule has 0 aliphatic carbocycles. The van der Waals surface area contributed by atoms with E-state index in [1.54, 1.807) is 4.90 Å². The quantitative estimate of drug-likeness (QED) is 0.522. The number of aldehydes is 1. The number of rotatable bonds is 5. The van der Waals surface area contributed by atoms with Crippen LogP contribution in [0.3, 0.4) is 0 Å². The molecule has 2 fully saturated rings. The fraction of sp³-hybridized carbons (Fsp3) is 0.818. The maximum absolute atomic E-state index is 11.9. The number of amides is 2. The van der Waals surface area contributed by atoms with Gasteiger partial charge in [0.2, 0.25) is 0 Å². The molecule has 0 aromatic rings. The Balaban J connectivity index is 1.96. The molecule has 2 bridgehead atoms. The summed E-state index contributed by atoms with van der Waals surface area (Å²) in [5, 5.41) is 1.47. The molecular formula is C11H18N2O3. The third-order valence-corrected chi connectivity index (χ3v) is 3.25. The maximum atomic E-state index is 11.9. The van der Waals surface area contributed by atoms with Gasteiger partial charge in [0.05, 0.1) is 18.7 Å². The van der Waals surface area contributed by atoms with Crippen molar-refractivity contribution in [1.29, 1.82) is 0 Å². The molecule has 5 nitrogen and oxygen atoms in total. The Bertz CT molecular complexity index is 282. The Hall–Kier alpha value is -1.10. The molecule has 0 saturated carbocycles. The third-order valence-electron chi connectivity index (χ3n) is 3.25. The molecule has 2 aliphatic heterocycles. The number of carbonyl (C=O) groups excluding carboxylic acids is 2. The van der Waals surface area contributed by atoms with Gasteiger partial charge in [-0.2, -0.15) is 5.06 Å². The molecule has 0 aromatic carbocycles. The average molecular weight is 226 g/mol. The summed E-state index contributed by atoms with van der Waals surface area (Å²) in [5.41, 5.74) is 0. The lowest BCUT2D eigenvalue weighted by Crippen LogP contribution is -2.40. The van der Waals surface area contributed by atoms with Crippen LogP contribution in [0.4, 0.5) is 4.79 Å². The fourth-order valence-electron chi connectivity index (χ4n) is 2.28. The molecule has 0 aromatic heterocycles. The first-order chi connectivity index (χ1) is 7.77. The second-order valence-electron chi connectivity index (χ2n) is 4.38. The van der Waals surface area contributed by atoms with Gasteiger partial charge in [-0.25, -0.2) is 4.79 Å². The molecule has 16 heavy (non-hydrogen) atoms. The van der Waals surface area contributed by atoms with Crippen LogP contribution in [0, 0.1) is 0 Å². The van der Waals surface area contributed by atoms with Crippen LogP contribution in [-0.2, 0) is 9.63 Å². The second kappa shape index (κ2) is 4.82. The number of hydroxylamine groups is 2. The van der Waals surface area contributed by atoms with Crippen LogP contribution < -0.4 is 0 Å². The van der Waals surface area contributed by atoms with Crippen molar-refractivity contribution in [3.8, 4) is 0 Å². The molecular weight excluding hydrogens is 208 g/mol. The van der Waals surface area contributed by atoms with E-state index in [0.29, 0.717) is 13.2 Å². The van der Waals surface area contributed by atoms with Crippen LogP contribution in [0.15, 0.2) is 0 Å². The summed E-state index contributed by atoms with van der Waals surface area (Å²) in [6.07, 6.45) is 4.48. The number of piperidine rings is 1. The van der Waals surface area contributed by atoms with E-state index < -0.39 is 0 Å². The minimum atomic E-state index is -0.247. The zero-order valence-corrected chi connectivity index (χ0v) is 9.59. The van der Waals surface area contributed by atoms with E-state index >= 15 is 0 Å². The number of hydrogen-bond acceptors (Lipinski definition) is 3. The van der Waals surface area contributed by atoms with E-state index in [-0.39, 0.29) is 18.1 Å². The minimum absolute atomic E-state index is 0.139. The largest absolute Gasteiger partial charge is 0.344 e. The van der Waals surface area contributed by atoms with Crippen LogP contribution in [0.1, 0.15) is 32.6 Å². The molecule has 90 valence electrons. The molecule has 0 radical (unpaired) electrons. The van der Waals surface area contributed by atoms with Crippen LogP contribution >= 0.6 is 0 Å². The summed E-state index contributed by atoms with van der Waals surface area (Å²) in [7, 11) is 0. The Labute approximate surface area is 95.3 Å². The molecule has 2 aliphatic rings. The number of nitrogens with zero attached hydrogens (tertiary/aromatic N) is 2.